The van der Waals surface area contributed by atoms with Crippen LogP contribution in [0.1, 0.15) is 12.5 Å². The van der Waals surface area contributed by atoms with Gasteiger partial charge in [0.15, 0.2) is 0 Å². The van der Waals surface area contributed by atoms with Gasteiger partial charge in [-0.1, -0.05) is 18.2 Å². The molecule has 1 aromatic heterocycles. The number of pyridine rings is 1. The van der Waals surface area contributed by atoms with E-state index in [-0.39, 0.29) is 16.3 Å². The molecule has 1 aromatic carbocycles. The Morgan fingerprint density at radius 3 is 2.67 bits per heavy atom. The third kappa shape index (κ3) is 3.39. The maximum Gasteiger partial charge on any atom is 0.405 e. The number of halogens is 4. The van der Waals surface area contributed by atoms with Gasteiger partial charge in [-0.05, 0) is 24.6 Å². The Balaban J connectivity index is 2.65. The van der Waals surface area contributed by atoms with Gasteiger partial charge in [-0.15, -0.1) is 0 Å². The standard InChI is InChI=1S/C14H12ClF3N2O/c1-7(2)12-9(19-6-14(16,17)18)3-4-10-13(12)8(15)5-11(21)20-10/h3-5,19H,1,6H2,2H3,(H,20,21). The number of benzene rings is 1. The predicted molar refractivity (Wildman–Crippen MR) is 78.8 cm³/mol. The lowest BCUT2D eigenvalue weighted by Gasteiger charge is -2.16. The van der Waals surface area contributed by atoms with Crippen LogP contribution in [-0.4, -0.2) is 17.7 Å². The summed E-state index contributed by atoms with van der Waals surface area (Å²) in [5.74, 6) is 0. The van der Waals surface area contributed by atoms with E-state index < -0.39 is 12.7 Å². The summed E-state index contributed by atoms with van der Waals surface area (Å²) in [6.07, 6.45) is -4.34. The molecule has 0 amide bonds. The van der Waals surface area contributed by atoms with Crippen molar-refractivity contribution in [2.75, 3.05) is 11.9 Å². The number of hydrogen-bond donors (Lipinski definition) is 2. The first-order valence-electron chi connectivity index (χ1n) is 6.01. The van der Waals surface area contributed by atoms with Crippen LogP contribution in [0.5, 0.6) is 0 Å². The molecular weight excluding hydrogens is 305 g/mol. The summed E-state index contributed by atoms with van der Waals surface area (Å²) in [5.41, 5.74) is 1.33. The highest BCUT2D eigenvalue weighted by Gasteiger charge is 2.27. The highest BCUT2D eigenvalue weighted by molar-refractivity contribution is 6.36. The van der Waals surface area contributed by atoms with Crippen LogP contribution in [0.25, 0.3) is 16.5 Å². The van der Waals surface area contributed by atoms with E-state index in [1.54, 1.807) is 6.92 Å². The molecule has 0 spiro atoms. The van der Waals surface area contributed by atoms with Crippen LogP contribution < -0.4 is 10.9 Å². The molecule has 0 unspecified atom stereocenters. The Morgan fingerprint density at radius 2 is 2.10 bits per heavy atom. The maximum absolute atomic E-state index is 12.4. The highest BCUT2D eigenvalue weighted by atomic mass is 35.5. The van der Waals surface area contributed by atoms with Crippen LogP contribution in [0, 0.1) is 0 Å². The number of aromatic nitrogens is 1. The second-order valence-corrected chi connectivity index (χ2v) is 5.05. The Labute approximate surface area is 123 Å². The fourth-order valence-corrected chi connectivity index (χ4v) is 2.39. The third-order valence-corrected chi connectivity index (χ3v) is 3.16. The van der Waals surface area contributed by atoms with E-state index in [4.69, 9.17) is 11.6 Å². The molecule has 21 heavy (non-hydrogen) atoms. The molecule has 112 valence electrons. The molecular formula is C14H12ClF3N2O. The first kappa shape index (κ1) is 15.4. The molecule has 0 aliphatic heterocycles. The topological polar surface area (TPSA) is 44.9 Å². The van der Waals surface area contributed by atoms with Gasteiger partial charge < -0.3 is 10.3 Å². The van der Waals surface area contributed by atoms with E-state index >= 15 is 0 Å². The quantitative estimate of drug-likeness (QED) is 0.892. The summed E-state index contributed by atoms with van der Waals surface area (Å²) in [6, 6.07) is 4.15. The fourth-order valence-electron chi connectivity index (χ4n) is 2.10. The summed E-state index contributed by atoms with van der Waals surface area (Å²) in [4.78, 5) is 14.0. The van der Waals surface area contributed by atoms with Crippen molar-refractivity contribution in [1.82, 2.24) is 4.98 Å². The van der Waals surface area contributed by atoms with Crippen LogP contribution in [0.15, 0.2) is 29.6 Å². The Kier molecular flexibility index (Phi) is 4.00. The Hall–Kier alpha value is -1.95. The zero-order valence-electron chi connectivity index (χ0n) is 11.1. The van der Waals surface area contributed by atoms with E-state index in [1.165, 1.54) is 18.2 Å². The van der Waals surface area contributed by atoms with Gasteiger partial charge in [0.2, 0.25) is 5.56 Å². The van der Waals surface area contributed by atoms with Crippen molar-refractivity contribution in [2.45, 2.75) is 13.1 Å². The van der Waals surface area contributed by atoms with E-state index in [0.29, 0.717) is 22.0 Å². The molecule has 0 saturated carbocycles. The second-order valence-electron chi connectivity index (χ2n) is 4.64. The lowest BCUT2D eigenvalue weighted by Crippen LogP contribution is -2.22. The molecule has 3 nitrogen and oxygen atoms in total. The fraction of sp³-hybridized carbons (Fsp3) is 0.214. The van der Waals surface area contributed by atoms with E-state index in [9.17, 15) is 18.0 Å². The second kappa shape index (κ2) is 5.44. The Bertz CT molecular complexity index is 765. The van der Waals surface area contributed by atoms with Crippen LogP contribution in [0.3, 0.4) is 0 Å². The van der Waals surface area contributed by atoms with Crippen LogP contribution >= 0.6 is 11.6 Å². The zero-order chi connectivity index (χ0) is 15.8. The molecule has 2 aromatic rings. The number of aromatic amines is 1. The van der Waals surface area contributed by atoms with Gasteiger partial charge in [0.05, 0.1) is 10.5 Å². The summed E-state index contributed by atoms with van der Waals surface area (Å²) < 4.78 is 37.1. The number of allylic oxidation sites excluding steroid dienone is 1. The molecule has 0 bridgehead atoms. The summed E-state index contributed by atoms with van der Waals surface area (Å²) in [6.45, 7) is 4.27. The average molecular weight is 317 g/mol. The van der Waals surface area contributed by atoms with Crippen LogP contribution in [0.2, 0.25) is 5.02 Å². The van der Waals surface area contributed by atoms with Crippen molar-refractivity contribution < 1.29 is 13.2 Å². The third-order valence-electron chi connectivity index (χ3n) is 2.87. The largest absolute Gasteiger partial charge is 0.405 e. The van der Waals surface area contributed by atoms with E-state index in [1.807, 2.05) is 0 Å². The molecule has 2 rings (SSSR count). The number of rotatable bonds is 3. The predicted octanol–water partition coefficient (Wildman–Crippen LogP) is 4.19. The smallest absolute Gasteiger partial charge is 0.376 e. The number of anilines is 1. The molecule has 1 heterocycles. The van der Waals surface area contributed by atoms with Crippen LogP contribution in [0.4, 0.5) is 18.9 Å². The van der Waals surface area contributed by atoms with E-state index in [2.05, 4.69) is 16.9 Å². The molecule has 0 saturated heterocycles. The van der Waals surface area contributed by atoms with Gasteiger partial charge in [-0.2, -0.15) is 13.2 Å². The summed E-state index contributed by atoms with van der Waals surface area (Å²) >= 11 is 6.06. The Morgan fingerprint density at radius 1 is 1.43 bits per heavy atom. The number of alkyl halides is 3. The van der Waals surface area contributed by atoms with Crippen molar-refractivity contribution in [3.8, 4) is 0 Å². The minimum atomic E-state index is -4.34. The molecule has 0 atom stereocenters. The summed E-state index contributed by atoms with van der Waals surface area (Å²) in [5, 5.41) is 2.97. The molecule has 0 radical (unpaired) electrons. The van der Waals surface area contributed by atoms with Gasteiger partial charge in [0.25, 0.3) is 0 Å². The van der Waals surface area contributed by atoms with Gasteiger partial charge in [0, 0.05) is 22.7 Å². The monoisotopic (exact) mass is 316 g/mol. The number of hydrogen-bond acceptors (Lipinski definition) is 2. The molecule has 0 aliphatic carbocycles. The molecule has 0 aliphatic rings. The molecule has 0 fully saturated rings. The lowest BCUT2D eigenvalue weighted by atomic mass is 10.0. The van der Waals surface area contributed by atoms with Crippen molar-refractivity contribution in [1.29, 1.82) is 0 Å². The SMILES string of the molecule is C=C(C)c1c(NCC(F)(F)F)ccc2[nH]c(=O)cc(Cl)c12. The van der Waals surface area contributed by atoms with Crippen molar-refractivity contribution in [3.05, 3.63) is 45.7 Å². The van der Waals surface area contributed by atoms with E-state index in [0.717, 1.165) is 0 Å². The van der Waals surface area contributed by atoms with Gasteiger partial charge >= 0.3 is 6.18 Å². The first-order chi connectivity index (χ1) is 9.69. The number of nitrogens with one attached hydrogen (secondary N) is 2. The number of fused-ring (bicyclic) bond motifs is 1. The molecule has 7 heteroatoms. The average Bonchev–Trinajstić information content (AvgIpc) is 2.34. The summed E-state index contributed by atoms with van der Waals surface area (Å²) in [7, 11) is 0. The maximum atomic E-state index is 12.4. The lowest BCUT2D eigenvalue weighted by molar-refractivity contribution is -0.115. The number of H-pyrrole nitrogens is 1. The normalized spacial score (nSPS) is 11.7. The van der Waals surface area contributed by atoms with Crippen molar-refractivity contribution >= 4 is 33.8 Å². The minimum Gasteiger partial charge on any atom is -0.376 e. The van der Waals surface area contributed by atoms with Gasteiger partial charge in [-0.25, -0.2) is 0 Å². The van der Waals surface area contributed by atoms with Crippen molar-refractivity contribution in [2.24, 2.45) is 0 Å². The first-order valence-corrected chi connectivity index (χ1v) is 6.39. The van der Waals surface area contributed by atoms with Crippen molar-refractivity contribution in [3.63, 3.8) is 0 Å². The van der Waals surface area contributed by atoms with Crippen LogP contribution in [-0.2, 0) is 0 Å². The highest BCUT2D eigenvalue weighted by Crippen LogP contribution is 2.34. The van der Waals surface area contributed by atoms with Gasteiger partial charge in [0.1, 0.15) is 6.54 Å². The minimum absolute atomic E-state index is 0.169. The zero-order valence-corrected chi connectivity index (χ0v) is 11.8. The molecule has 2 N–H and O–H groups in total. The van der Waals surface area contributed by atoms with Gasteiger partial charge in [-0.3, -0.25) is 4.79 Å².